The highest BCUT2D eigenvalue weighted by atomic mass is 35.5. The van der Waals surface area contributed by atoms with E-state index in [1.807, 2.05) is 29.2 Å². The van der Waals surface area contributed by atoms with Crippen molar-refractivity contribution in [2.45, 2.75) is 50.7 Å². The first kappa shape index (κ1) is 34.6. The molecule has 3 aromatic carbocycles. The Labute approximate surface area is 310 Å². The molecule has 15 heteroatoms. The number of piperazine rings is 1. The molecule has 12 nitrogen and oxygen atoms in total. The van der Waals surface area contributed by atoms with Gasteiger partial charge in [0.25, 0.3) is 0 Å². The normalized spacial score (nSPS) is 20.9. The molecule has 8 rings (SSSR count). The van der Waals surface area contributed by atoms with Gasteiger partial charge in [0.05, 0.1) is 35.4 Å². The summed E-state index contributed by atoms with van der Waals surface area (Å²) in [4.78, 5) is 18.8. The summed E-state index contributed by atoms with van der Waals surface area (Å²) < 4.78 is 37.3. The molecule has 4 heterocycles. The van der Waals surface area contributed by atoms with Gasteiger partial charge in [-0.25, -0.2) is 18.4 Å². The molecule has 5 aromatic rings. The largest absolute Gasteiger partial charge is 0.491 e. The highest BCUT2D eigenvalue weighted by Crippen LogP contribution is 2.40. The maximum absolute atomic E-state index is 15.5. The summed E-state index contributed by atoms with van der Waals surface area (Å²) in [6.45, 7) is 3.95. The van der Waals surface area contributed by atoms with Crippen molar-refractivity contribution in [2.75, 3.05) is 49.2 Å². The van der Waals surface area contributed by atoms with Gasteiger partial charge in [-0.15, -0.1) is 0 Å². The minimum absolute atomic E-state index is 0.103. The van der Waals surface area contributed by atoms with Crippen LogP contribution in [0.2, 0.25) is 10.0 Å². The van der Waals surface area contributed by atoms with Crippen molar-refractivity contribution in [1.82, 2.24) is 29.3 Å². The molecule has 3 aliphatic rings. The van der Waals surface area contributed by atoms with E-state index in [1.165, 1.54) is 23.7 Å². The topological polar surface area (TPSA) is 105 Å². The summed E-state index contributed by atoms with van der Waals surface area (Å²) in [5.41, 5.74) is 2.87. The van der Waals surface area contributed by atoms with Crippen LogP contribution < -0.4 is 20.2 Å². The van der Waals surface area contributed by atoms with Gasteiger partial charge in [0.1, 0.15) is 37.1 Å². The molecule has 272 valence electrons. The van der Waals surface area contributed by atoms with Gasteiger partial charge in [0.15, 0.2) is 0 Å². The van der Waals surface area contributed by atoms with Crippen molar-refractivity contribution >= 4 is 34.6 Å². The Hall–Kier alpha value is -4.43. The number of nitrogens with zero attached hydrogens (tertiary/aromatic N) is 8. The van der Waals surface area contributed by atoms with E-state index in [1.54, 1.807) is 58.3 Å². The van der Waals surface area contributed by atoms with E-state index in [0.29, 0.717) is 52.6 Å². The Morgan fingerprint density at radius 1 is 0.885 bits per heavy atom. The Morgan fingerprint density at radius 3 is 2.35 bits per heavy atom. The molecule has 1 saturated carbocycles. The number of anilines is 2. The summed E-state index contributed by atoms with van der Waals surface area (Å²) in [7, 11) is 0. The van der Waals surface area contributed by atoms with Gasteiger partial charge in [-0.05, 0) is 67.3 Å². The fraction of sp³-hybridized carbons (Fsp3) is 0.405. The summed E-state index contributed by atoms with van der Waals surface area (Å²) >= 11 is 12.7. The lowest BCUT2D eigenvalue weighted by Crippen LogP contribution is -2.46. The molecule has 2 saturated heterocycles. The van der Waals surface area contributed by atoms with Gasteiger partial charge >= 0.3 is 5.69 Å². The summed E-state index contributed by atoms with van der Waals surface area (Å²) in [6.07, 6.45) is 9.09. The van der Waals surface area contributed by atoms with Crippen molar-refractivity contribution in [1.29, 1.82) is 0 Å². The second-order valence-corrected chi connectivity index (χ2v) is 14.4. The second-order valence-electron chi connectivity index (χ2n) is 13.5. The molecule has 0 radical (unpaired) electrons. The lowest BCUT2D eigenvalue weighted by Gasteiger charge is -2.37. The van der Waals surface area contributed by atoms with E-state index < -0.39 is 11.9 Å². The predicted molar refractivity (Wildman–Crippen MR) is 195 cm³/mol. The zero-order chi connectivity index (χ0) is 35.7. The number of benzene rings is 3. The number of hydrogen-bond acceptors (Lipinski definition) is 9. The Morgan fingerprint density at radius 2 is 1.62 bits per heavy atom. The van der Waals surface area contributed by atoms with Crippen molar-refractivity contribution < 1.29 is 18.6 Å². The van der Waals surface area contributed by atoms with E-state index in [4.69, 9.17) is 37.4 Å². The zero-order valence-corrected chi connectivity index (χ0v) is 30.0. The molecule has 3 fully saturated rings. The molecular formula is C37H39Cl2FN8O4. The fourth-order valence-corrected chi connectivity index (χ4v) is 7.95. The van der Waals surface area contributed by atoms with E-state index >= 15 is 4.39 Å². The average molecular weight is 750 g/mol. The summed E-state index contributed by atoms with van der Waals surface area (Å²) in [5.74, 6) is -0.686. The first-order chi connectivity index (χ1) is 25.3. The van der Waals surface area contributed by atoms with Crippen LogP contribution in [-0.4, -0.2) is 74.8 Å². The molecule has 2 aromatic heterocycles. The Kier molecular flexibility index (Phi) is 9.93. The van der Waals surface area contributed by atoms with Gasteiger partial charge in [0, 0.05) is 55.1 Å². The molecule has 0 bridgehead atoms. The van der Waals surface area contributed by atoms with Crippen LogP contribution >= 0.6 is 23.2 Å². The van der Waals surface area contributed by atoms with Gasteiger partial charge in [-0.2, -0.15) is 20.1 Å². The third kappa shape index (κ3) is 7.27. The van der Waals surface area contributed by atoms with Crippen LogP contribution in [0.1, 0.15) is 31.2 Å². The van der Waals surface area contributed by atoms with Crippen molar-refractivity contribution in [3.63, 3.8) is 0 Å². The molecule has 2 aliphatic heterocycles. The van der Waals surface area contributed by atoms with Gasteiger partial charge < -0.3 is 24.0 Å². The maximum atomic E-state index is 15.5. The van der Waals surface area contributed by atoms with Crippen LogP contribution in [-0.2, 0) is 28.4 Å². The minimum atomic E-state index is -1.26. The minimum Gasteiger partial charge on any atom is -0.491 e. The SMILES string of the molecule is O=c1n(-c2ccc(N3CCN(c4ccc(OC[C@@H]5CO[C@@](Cn6nccn6)(c6ccc(Cl)cc6Cl)O5)cc4F)CC3)cc2)cnn1CC1CCCC1. The maximum Gasteiger partial charge on any atom is 0.350 e. The molecule has 0 unspecified atom stereocenters. The monoisotopic (exact) mass is 748 g/mol. The lowest BCUT2D eigenvalue weighted by atomic mass is 10.1. The molecule has 1 aliphatic carbocycles. The number of aromatic nitrogens is 6. The van der Waals surface area contributed by atoms with Crippen LogP contribution in [0.3, 0.4) is 0 Å². The van der Waals surface area contributed by atoms with Crippen molar-refractivity contribution in [3.05, 3.63) is 111 Å². The van der Waals surface area contributed by atoms with Crippen LogP contribution in [0.5, 0.6) is 5.75 Å². The highest BCUT2D eigenvalue weighted by Gasteiger charge is 2.46. The first-order valence-corrected chi connectivity index (χ1v) is 18.4. The lowest BCUT2D eigenvalue weighted by molar-refractivity contribution is -0.192. The smallest absolute Gasteiger partial charge is 0.350 e. The zero-order valence-electron chi connectivity index (χ0n) is 28.5. The Balaban J connectivity index is 0.856. The van der Waals surface area contributed by atoms with Gasteiger partial charge in [0.2, 0.25) is 5.79 Å². The van der Waals surface area contributed by atoms with Crippen molar-refractivity contribution in [2.24, 2.45) is 5.92 Å². The third-order valence-electron chi connectivity index (χ3n) is 10.1. The summed E-state index contributed by atoms with van der Waals surface area (Å²) in [6, 6.07) is 18.0. The van der Waals surface area contributed by atoms with Gasteiger partial charge in [-0.1, -0.05) is 42.1 Å². The quantitative estimate of drug-likeness (QED) is 0.163. The highest BCUT2D eigenvalue weighted by molar-refractivity contribution is 6.35. The molecule has 0 amide bonds. The second kappa shape index (κ2) is 14.9. The van der Waals surface area contributed by atoms with Crippen LogP contribution in [0.15, 0.2) is 84.2 Å². The van der Waals surface area contributed by atoms with E-state index in [0.717, 1.165) is 37.3 Å². The Bertz CT molecular complexity index is 2050. The number of halogens is 3. The number of rotatable bonds is 11. The molecule has 0 N–H and O–H groups in total. The molecule has 2 atom stereocenters. The van der Waals surface area contributed by atoms with Crippen LogP contribution in [0.4, 0.5) is 15.8 Å². The van der Waals surface area contributed by atoms with Crippen molar-refractivity contribution in [3.8, 4) is 11.4 Å². The van der Waals surface area contributed by atoms with Crippen LogP contribution in [0.25, 0.3) is 5.69 Å². The molecule has 52 heavy (non-hydrogen) atoms. The average Bonchev–Trinajstić information content (AvgIpc) is 3.99. The van der Waals surface area contributed by atoms with E-state index in [-0.39, 0.29) is 31.3 Å². The predicted octanol–water partition coefficient (Wildman–Crippen LogP) is 5.94. The van der Waals surface area contributed by atoms with Crippen LogP contribution in [0, 0.1) is 11.7 Å². The van der Waals surface area contributed by atoms with E-state index in [2.05, 4.69) is 20.2 Å². The molecular weight excluding hydrogens is 710 g/mol. The third-order valence-corrected chi connectivity index (χ3v) is 10.7. The van der Waals surface area contributed by atoms with E-state index in [9.17, 15) is 4.79 Å². The number of hydrogen-bond donors (Lipinski definition) is 0. The van der Waals surface area contributed by atoms with Gasteiger partial charge in [-0.3, -0.25) is 0 Å². The molecule has 0 spiro atoms. The summed E-state index contributed by atoms with van der Waals surface area (Å²) in [5, 5.41) is 13.7. The first-order valence-electron chi connectivity index (χ1n) is 17.6. The number of ether oxygens (including phenoxy) is 3. The fourth-order valence-electron chi connectivity index (χ4n) is 7.40. The standard InChI is InChI=1S/C37H39Cl2FN8O4/c38-27-5-11-32(33(39)19-27)37(24-48-41-13-14-42-48)51-23-31(52-37)22-50-30-10-12-35(34(40)20-30)45-17-15-44(16-18-45)28-6-8-29(9-7-28)46-25-43-47(36(46)49)21-26-3-1-2-4-26/h5-14,19-20,25-26,31H,1-4,15-18,21-24H2/t31-,37-/m1/s1.